The summed E-state index contributed by atoms with van der Waals surface area (Å²) in [6.45, 7) is 3.33. The van der Waals surface area contributed by atoms with Gasteiger partial charge in [0.1, 0.15) is 6.33 Å². The van der Waals surface area contributed by atoms with Crippen LogP contribution in [0.15, 0.2) is 18.5 Å². The molecule has 2 rings (SSSR count). The monoisotopic (exact) mass is 285 g/mol. The molecule has 0 amide bonds. The zero-order valence-electron chi connectivity index (χ0n) is 9.82. The van der Waals surface area contributed by atoms with E-state index in [4.69, 9.17) is 28.9 Å². The van der Waals surface area contributed by atoms with Gasteiger partial charge >= 0.3 is 0 Å². The van der Waals surface area contributed by atoms with Crippen molar-refractivity contribution in [2.24, 2.45) is 0 Å². The lowest BCUT2D eigenvalue weighted by atomic mass is 10.3. The Balaban J connectivity index is 2.16. The molecule has 1 aromatic heterocycles. The zero-order chi connectivity index (χ0) is 13.1. The average molecular weight is 286 g/mol. The standard InChI is InChI=1S/C11H13Cl2N5/c1-2-18-6-16-17-10(18)5-15-11-8(12)3-7(14)4-9(11)13/h3-4,6,15H,2,5,14H2,1H3. The maximum atomic E-state index is 6.08. The fraction of sp³-hybridized carbons (Fsp3) is 0.273. The van der Waals surface area contributed by atoms with E-state index in [1.54, 1.807) is 18.5 Å². The molecule has 7 heteroatoms. The number of nitrogens with zero attached hydrogens (tertiary/aromatic N) is 3. The fourth-order valence-electron chi connectivity index (χ4n) is 1.61. The van der Waals surface area contributed by atoms with Gasteiger partial charge in [0.2, 0.25) is 0 Å². The van der Waals surface area contributed by atoms with E-state index in [0.717, 1.165) is 12.4 Å². The van der Waals surface area contributed by atoms with Gasteiger partial charge in [-0.3, -0.25) is 0 Å². The van der Waals surface area contributed by atoms with Crippen LogP contribution in [0.1, 0.15) is 12.7 Å². The number of hydrogen-bond donors (Lipinski definition) is 2. The van der Waals surface area contributed by atoms with Crippen LogP contribution in [0.5, 0.6) is 0 Å². The minimum atomic E-state index is 0.488. The number of halogens is 2. The topological polar surface area (TPSA) is 68.8 Å². The Morgan fingerprint density at radius 3 is 2.61 bits per heavy atom. The van der Waals surface area contributed by atoms with Gasteiger partial charge in [0.15, 0.2) is 5.82 Å². The number of hydrogen-bond acceptors (Lipinski definition) is 4. The van der Waals surface area contributed by atoms with Crippen molar-refractivity contribution in [1.82, 2.24) is 14.8 Å². The molecule has 0 saturated carbocycles. The number of nitrogens with two attached hydrogens (primary N) is 1. The Morgan fingerprint density at radius 1 is 1.33 bits per heavy atom. The van der Waals surface area contributed by atoms with Crippen molar-refractivity contribution < 1.29 is 0 Å². The maximum Gasteiger partial charge on any atom is 0.152 e. The SMILES string of the molecule is CCn1cnnc1CNc1c(Cl)cc(N)cc1Cl. The van der Waals surface area contributed by atoms with Gasteiger partial charge < -0.3 is 15.6 Å². The van der Waals surface area contributed by atoms with E-state index >= 15 is 0 Å². The van der Waals surface area contributed by atoms with Crippen LogP contribution in [0.4, 0.5) is 11.4 Å². The highest BCUT2D eigenvalue weighted by molar-refractivity contribution is 6.39. The highest BCUT2D eigenvalue weighted by Crippen LogP contribution is 2.32. The Morgan fingerprint density at radius 2 is 2.00 bits per heavy atom. The largest absolute Gasteiger partial charge is 0.399 e. The van der Waals surface area contributed by atoms with Crippen molar-refractivity contribution in [3.63, 3.8) is 0 Å². The first kappa shape index (κ1) is 13.0. The number of benzene rings is 1. The van der Waals surface area contributed by atoms with Gasteiger partial charge in [-0.05, 0) is 19.1 Å². The lowest BCUT2D eigenvalue weighted by Crippen LogP contribution is -2.08. The van der Waals surface area contributed by atoms with Gasteiger partial charge in [0, 0.05) is 12.2 Å². The summed E-state index contributed by atoms with van der Waals surface area (Å²) in [7, 11) is 0. The van der Waals surface area contributed by atoms with Gasteiger partial charge in [-0.15, -0.1) is 10.2 Å². The molecular weight excluding hydrogens is 273 g/mol. The van der Waals surface area contributed by atoms with E-state index in [0.29, 0.717) is 28.0 Å². The van der Waals surface area contributed by atoms with Gasteiger partial charge in [0.05, 0.1) is 22.3 Å². The van der Waals surface area contributed by atoms with Crippen LogP contribution < -0.4 is 11.1 Å². The number of rotatable bonds is 4. The number of aromatic nitrogens is 3. The Bertz CT molecular complexity index is 529. The number of anilines is 2. The van der Waals surface area contributed by atoms with Gasteiger partial charge in [-0.25, -0.2) is 0 Å². The summed E-state index contributed by atoms with van der Waals surface area (Å²) in [6, 6.07) is 3.31. The lowest BCUT2D eigenvalue weighted by molar-refractivity contribution is 0.708. The van der Waals surface area contributed by atoms with Crippen molar-refractivity contribution >= 4 is 34.6 Å². The predicted molar refractivity (Wildman–Crippen MR) is 73.9 cm³/mol. The van der Waals surface area contributed by atoms with Gasteiger partial charge in [0.25, 0.3) is 0 Å². The molecule has 0 spiro atoms. The summed E-state index contributed by atoms with van der Waals surface area (Å²) in [5, 5.41) is 12.0. The summed E-state index contributed by atoms with van der Waals surface area (Å²) < 4.78 is 1.94. The first-order valence-corrected chi connectivity index (χ1v) is 6.22. The molecular formula is C11H13Cl2N5. The molecule has 0 aliphatic carbocycles. The zero-order valence-corrected chi connectivity index (χ0v) is 11.3. The van der Waals surface area contributed by atoms with Crippen LogP contribution in [0.2, 0.25) is 10.0 Å². The van der Waals surface area contributed by atoms with E-state index in [-0.39, 0.29) is 0 Å². The van der Waals surface area contributed by atoms with Crippen LogP contribution >= 0.6 is 23.2 Å². The van der Waals surface area contributed by atoms with Gasteiger partial charge in [-0.2, -0.15) is 0 Å². The quantitative estimate of drug-likeness (QED) is 0.848. The van der Waals surface area contributed by atoms with Crippen molar-refractivity contribution in [3.8, 4) is 0 Å². The third kappa shape index (κ3) is 2.68. The molecule has 1 heterocycles. The summed E-state index contributed by atoms with van der Waals surface area (Å²) in [5.41, 5.74) is 6.83. The van der Waals surface area contributed by atoms with Gasteiger partial charge in [-0.1, -0.05) is 23.2 Å². The second kappa shape index (κ2) is 5.46. The second-order valence-electron chi connectivity index (χ2n) is 3.75. The first-order chi connectivity index (χ1) is 8.61. The highest BCUT2D eigenvalue weighted by Gasteiger charge is 2.09. The number of nitrogens with one attached hydrogen (secondary N) is 1. The van der Waals surface area contributed by atoms with Crippen LogP contribution in [-0.4, -0.2) is 14.8 Å². The summed E-state index contributed by atoms with van der Waals surface area (Å²) in [5.74, 6) is 0.821. The third-order valence-corrected chi connectivity index (χ3v) is 3.12. The van der Waals surface area contributed by atoms with E-state index in [1.807, 2.05) is 11.5 Å². The van der Waals surface area contributed by atoms with E-state index < -0.39 is 0 Å². The first-order valence-electron chi connectivity index (χ1n) is 5.47. The van der Waals surface area contributed by atoms with Crippen LogP contribution in [-0.2, 0) is 13.1 Å². The molecule has 2 aromatic rings. The molecule has 0 fully saturated rings. The Labute approximate surface area is 115 Å². The lowest BCUT2D eigenvalue weighted by Gasteiger charge is -2.11. The molecule has 0 bridgehead atoms. The minimum Gasteiger partial charge on any atom is -0.399 e. The van der Waals surface area contributed by atoms with Crippen LogP contribution in [0, 0.1) is 0 Å². The third-order valence-electron chi connectivity index (χ3n) is 2.52. The second-order valence-corrected chi connectivity index (χ2v) is 4.56. The predicted octanol–water partition coefficient (Wildman–Crippen LogP) is 2.80. The van der Waals surface area contributed by atoms with Crippen LogP contribution in [0.25, 0.3) is 0 Å². The van der Waals surface area contributed by atoms with E-state index in [1.165, 1.54) is 0 Å². The average Bonchev–Trinajstić information content (AvgIpc) is 2.75. The summed E-state index contributed by atoms with van der Waals surface area (Å²) >= 11 is 12.2. The van der Waals surface area contributed by atoms with E-state index in [2.05, 4.69) is 15.5 Å². The maximum absolute atomic E-state index is 6.08. The Hall–Kier alpha value is -1.46. The molecule has 96 valence electrons. The van der Waals surface area contributed by atoms with Crippen molar-refractivity contribution in [1.29, 1.82) is 0 Å². The molecule has 0 atom stereocenters. The molecule has 3 N–H and O–H groups in total. The Kier molecular flexibility index (Phi) is 3.93. The van der Waals surface area contributed by atoms with Crippen molar-refractivity contribution in [3.05, 3.63) is 34.3 Å². The summed E-state index contributed by atoms with van der Waals surface area (Å²) in [6.07, 6.45) is 1.68. The highest BCUT2D eigenvalue weighted by atomic mass is 35.5. The molecule has 18 heavy (non-hydrogen) atoms. The van der Waals surface area contributed by atoms with Crippen LogP contribution in [0.3, 0.4) is 0 Å². The normalized spacial score (nSPS) is 10.6. The molecule has 5 nitrogen and oxygen atoms in total. The number of aryl methyl sites for hydroxylation is 1. The van der Waals surface area contributed by atoms with Crippen molar-refractivity contribution in [2.75, 3.05) is 11.1 Å². The molecule has 0 radical (unpaired) electrons. The number of nitrogen functional groups attached to an aromatic ring is 1. The molecule has 0 saturated heterocycles. The fourth-order valence-corrected chi connectivity index (χ4v) is 2.25. The van der Waals surface area contributed by atoms with E-state index in [9.17, 15) is 0 Å². The molecule has 0 aliphatic rings. The minimum absolute atomic E-state index is 0.488. The summed E-state index contributed by atoms with van der Waals surface area (Å²) in [4.78, 5) is 0. The van der Waals surface area contributed by atoms with Crippen molar-refractivity contribution in [2.45, 2.75) is 20.0 Å². The smallest absolute Gasteiger partial charge is 0.152 e. The molecule has 0 unspecified atom stereocenters. The molecule has 0 aliphatic heterocycles. The molecule has 1 aromatic carbocycles.